The van der Waals surface area contributed by atoms with Crippen molar-refractivity contribution in [2.24, 2.45) is 34.0 Å². The van der Waals surface area contributed by atoms with Gasteiger partial charge in [0.25, 0.3) is 0 Å². The Labute approximate surface area is 152 Å². The fraction of sp³-hybridized carbons (Fsp3) is 0.800. The minimum Gasteiger partial charge on any atom is -0.481 e. The number of carboxylic acid groups (broad SMARTS) is 2. The van der Waals surface area contributed by atoms with E-state index in [2.05, 4.69) is 6.58 Å². The van der Waals surface area contributed by atoms with E-state index in [1.165, 1.54) is 0 Å². The lowest BCUT2D eigenvalue weighted by atomic mass is 9.52. The molecule has 2 bridgehead atoms. The summed E-state index contributed by atoms with van der Waals surface area (Å²) < 4.78 is 0. The van der Waals surface area contributed by atoms with Crippen LogP contribution in [-0.4, -0.2) is 44.1 Å². The summed E-state index contributed by atoms with van der Waals surface area (Å²) in [6.45, 7) is 7.61. The maximum absolute atomic E-state index is 12.5. The Bertz CT molecular complexity index is 717. The number of rotatable bonds is 2. The summed E-state index contributed by atoms with van der Waals surface area (Å²) in [5.74, 6) is -3.48. The Hall–Kier alpha value is -1.40. The van der Waals surface area contributed by atoms with Crippen LogP contribution in [0.4, 0.5) is 0 Å². The van der Waals surface area contributed by atoms with Crippen molar-refractivity contribution >= 4 is 11.9 Å². The van der Waals surface area contributed by atoms with Crippen molar-refractivity contribution in [2.75, 3.05) is 0 Å². The van der Waals surface area contributed by atoms with E-state index in [0.717, 1.165) is 0 Å². The van der Waals surface area contributed by atoms with Crippen LogP contribution in [0.1, 0.15) is 52.4 Å². The molecule has 4 aliphatic rings. The summed E-state index contributed by atoms with van der Waals surface area (Å²) in [4.78, 5) is 24.7. The number of aliphatic hydroxyl groups excluding tert-OH is 1. The Morgan fingerprint density at radius 1 is 1.19 bits per heavy atom. The fourth-order valence-corrected chi connectivity index (χ4v) is 8.00. The predicted molar refractivity (Wildman–Crippen MR) is 92.2 cm³/mol. The molecule has 0 saturated heterocycles. The van der Waals surface area contributed by atoms with Gasteiger partial charge in [0.2, 0.25) is 0 Å². The van der Waals surface area contributed by atoms with Gasteiger partial charge in [-0.2, -0.15) is 0 Å². The molecule has 144 valence electrons. The molecule has 0 aliphatic heterocycles. The van der Waals surface area contributed by atoms with E-state index in [-0.39, 0.29) is 12.3 Å². The minimum absolute atomic E-state index is 0.0331. The molecule has 6 nitrogen and oxygen atoms in total. The second-order valence-corrected chi connectivity index (χ2v) is 9.90. The van der Waals surface area contributed by atoms with Crippen LogP contribution >= 0.6 is 0 Å². The van der Waals surface area contributed by atoms with Gasteiger partial charge in [0.15, 0.2) is 0 Å². The van der Waals surface area contributed by atoms with Crippen LogP contribution in [0.25, 0.3) is 0 Å². The van der Waals surface area contributed by atoms with Gasteiger partial charge >= 0.3 is 11.9 Å². The standard InChI is InChI=1S/C20H28O6/c1-10-6-19-9-20(10,26)5-4-12(19)17(2)7-11(21)8-18(3,16(24)25)14(17)13(19)15(22)23/h11-14,21,26H,1,4-9H2,2-3H3,(H,22,23)(H,24,25)/t11-,12-,13+,14-,17+,18+,19?,20-/m0/s1. The van der Waals surface area contributed by atoms with Crippen LogP contribution in [0.5, 0.6) is 0 Å². The van der Waals surface area contributed by atoms with Crippen LogP contribution in [-0.2, 0) is 9.59 Å². The normalized spacial score (nSPS) is 55.3. The molecule has 26 heavy (non-hydrogen) atoms. The van der Waals surface area contributed by atoms with Gasteiger partial charge in [-0.25, -0.2) is 0 Å². The predicted octanol–water partition coefficient (Wildman–Crippen LogP) is 2.05. The first-order valence-electron chi connectivity index (χ1n) is 9.46. The molecule has 0 aromatic rings. The highest BCUT2D eigenvalue weighted by molar-refractivity contribution is 5.79. The van der Waals surface area contributed by atoms with Gasteiger partial charge in [0.05, 0.1) is 23.0 Å². The maximum Gasteiger partial charge on any atom is 0.309 e. The smallest absolute Gasteiger partial charge is 0.309 e. The van der Waals surface area contributed by atoms with Crippen molar-refractivity contribution in [3.8, 4) is 0 Å². The lowest BCUT2D eigenvalue weighted by Crippen LogP contribution is -2.54. The molecule has 4 saturated carbocycles. The third-order valence-electron chi connectivity index (χ3n) is 8.60. The number of aliphatic hydroxyl groups is 2. The molecule has 0 amide bonds. The third kappa shape index (κ3) is 1.84. The second-order valence-electron chi connectivity index (χ2n) is 9.90. The quantitative estimate of drug-likeness (QED) is 0.558. The zero-order valence-electron chi connectivity index (χ0n) is 15.4. The highest BCUT2D eigenvalue weighted by atomic mass is 16.4. The lowest BCUT2D eigenvalue weighted by Gasteiger charge is -2.52. The van der Waals surface area contributed by atoms with Gasteiger partial charge in [-0.15, -0.1) is 0 Å². The molecule has 0 aromatic carbocycles. The topological polar surface area (TPSA) is 115 Å². The molecule has 4 aliphatic carbocycles. The molecule has 8 atom stereocenters. The molecule has 4 rings (SSSR count). The number of hydrogen-bond acceptors (Lipinski definition) is 4. The molecule has 0 radical (unpaired) electrons. The van der Waals surface area contributed by atoms with Crippen LogP contribution in [0.15, 0.2) is 12.2 Å². The molecular formula is C20H28O6. The Kier molecular flexibility index (Phi) is 3.39. The van der Waals surface area contributed by atoms with Gasteiger partial charge in [0, 0.05) is 0 Å². The average molecular weight is 364 g/mol. The monoisotopic (exact) mass is 364 g/mol. The summed E-state index contributed by atoms with van der Waals surface area (Å²) in [6.07, 6.45) is 1.69. The zero-order valence-corrected chi connectivity index (χ0v) is 15.4. The van der Waals surface area contributed by atoms with Crippen molar-refractivity contribution in [2.45, 2.75) is 64.1 Å². The van der Waals surface area contributed by atoms with Crippen LogP contribution in [0, 0.1) is 34.0 Å². The van der Waals surface area contributed by atoms with E-state index in [0.29, 0.717) is 37.7 Å². The van der Waals surface area contributed by atoms with Gasteiger partial charge in [-0.1, -0.05) is 13.5 Å². The van der Waals surface area contributed by atoms with Crippen molar-refractivity contribution in [1.29, 1.82) is 0 Å². The molecule has 0 aromatic heterocycles. The summed E-state index contributed by atoms with van der Waals surface area (Å²) >= 11 is 0. The van der Waals surface area contributed by atoms with Gasteiger partial charge in [0.1, 0.15) is 0 Å². The van der Waals surface area contributed by atoms with E-state index in [1.54, 1.807) is 6.92 Å². The van der Waals surface area contributed by atoms with E-state index in [1.807, 2.05) is 6.92 Å². The Morgan fingerprint density at radius 3 is 2.42 bits per heavy atom. The van der Waals surface area contributed by atoms with Crippen molar-refractivity contribution in [3.63, 3.8) is 0 Å². The first-order valence-corrected chi connectivity index (χ1v) is 9.46. The molecule has 1 spiro atoms. The van der Waals surface area contributed by atoms with Crippen LogP contribution < -0.4 is 0 Å². The molecule has 1 unspecified atom stereocenters. The van der Waals surface area contributed by atoms with E-state index in [9.17, 15) is 30.0 Å². The first-order chi connectivity index (χ1) is 11.9. The van der Waals surface area contributed by atoms with Crippen molar-refractivity contribution in [3.05, 3.63) is 12.2 Å². The highest BCUT2D eigenvalue weighted by Gasteiger charge is 2.77. The number of carbonyl (C=O) groups is 2. The fourth-order valence-electron chi connectivity index (χ4n) is 8.00. The largest absolute Gasteiger partial charge is 0.481 e. The van der Waals surface area contributed by atoms with E-state index in [4.69, 9.17) is 0 Å². The SMILES string of the molecule is C=C1CC23C[C@@]1(O)CC[C@H]2[C@@]1(C)C[C@H](O)C[C@@](C)(C(=O)O)[C@H]1[C@@H]3C(=O)O. The minimum atomic E-state index is -1.30. The number of fused-ring (bicyclic) bond motifs is 3. The summed E-state index contributed by atoms with van der Waals surface area (Å²) in [5, 5.41) is 41.7. The van der Waals surface area contributed by atoms with Crippen molar-refractivity contribution < 1.29 is 30.0 Å². The number of carboxylic acids is 2. The van der Waals surface area contributed by atoms with Crippen LogP contribution in [0.3, 0.4) is 0 Å². The molecule has 4 fully saturated rings. The van der Waals surface area contributed by atoms with Gasteiger partial charge < -0.3 is 20.4 Å². The Balaban J connectivity index is 1.95. The zero-order chi connectivity index (χ0) is 19.3. The van der Waals surface area contributed by atoms with Crippen LogP contribution in [0.2, 0.25) is 0 Å². The van der Waals surface area contributed by atoms with Gasteiger partial charge in [-0.05, 0) is 73.7 Å². The number of hydrogen-bond donors (Lipinski definition) is 4. The third-order valence-corrected chi connectivity index (χ3v) is 8.60. The second kappa shape index (κ2) is 4.90. The van der Waals surface area contributed by atoms with E-state index >= 15 is 0 Å². The average Bonchev–Trinajstić information content (AvgIpc) is 2.82. The molecule has 6 heteroatoms. The molecule has 0 heterocycles. The lowest BCUT2D eigenvalue weighted by molar-refractivity contribution is -0.173. The Morgan fingerprint density at radius 2 is 1.85 bits per heavy atom. The molecular weight excluding hydrogens is 336 g/mol. The maximum atomic E-state index is 12.5. The van der Waals surface area contributed by atoms with E-state index < -0.39 is 51.7 Å². The highest BCUT2D eigenvalue weighted by Crippen LogP contribution is 2.78. The van der Waals surface area contributed by atoms with Crippen molar-refractivity contribution in [1.82, 2.24) is 0 Å². The molecule has 4 N–H and O–H groups in total. The number of aliphatic carboxylic acids is 2. The first kappa shape index (κ1) is 18.0. The van der Waals surface area contributed by atoms with Gasteiger partial charge in [-0.3, -0.25) is 9.59 Å². The summed E-state index contributed by atoms with van der Waals surface area (Å²) in [5.41, 5.74) is -2.91. The summed E-state index contributed by atoms with van der Waals surface area (Å²) in [6, 6.07) is 0. The summed E-state index contributed by atoms with van der Waals surface area (Å²) in [7, 11) is 0.